The molecule has 0 fully saturated rings. The van der Waals surface area contributed by atoms with Gasteiger partial charge in [0.05, 0.1) is 7.11 Å². The van der Waals surface area contributed by atoms with Crippen LogP contribution < -0.4 is 20.7 Å². The van der Waals surface area contributed by atoms with E-state index in [-0.39, 0.29) is 25.5 Å². The highest BCUT2D eigenvalue weighted by atomic mass is 16.5. The molecular formula is C14H19N3O4. The first kappa shape index (κ1) is 16.5. The van der Waals surface area contributed by atoms with E-state index in [1.165, 1.54) is 14.0 Å². The molecule has 7 nitrogen and oxygen atoms in total. The third-order valence-corrected chi connectivity index (χ3v) is 2.62. The van der Waals surface area contributed by atoms with Crippen LogP contribution in [0.15, 0.2) is 24.3 Å². The Bertz CT molecular complexity index is 517. The Morgan fingerprint density at radius 2 is 1.62 bits per heavy atom. The monoisotopic (exact) mass is 293 g/mol. The predicted molar refractivity (Wildman–Crippen MR) is 76.5 cm³/mol. The smallest absolute Gasteiger partial charge is 0.309 e. The van der Waals surface area contributed by atoms with E-state index in [4.69, 9.17) is 4.74 Å². The maximum Gasteiger partial charge on any atom is 0.309 e. The Morgan fingerprint density at radius 1 is 1.00 bits per heavy atom. The summed E-state index contributed by atoms with van der Waals surface area (Å²) in [4.78, 5) is 33.7. The molecule has 1 aromatic rings. The lowest BCUT2D eigenvalue weighted by Gasteiger charge is -2.09. The topological polar surface area (TPSA) is 96.5 Å². The fraction of sp³-hybridized carbons (Fsp3) is 0.357. The number of methoxy groups -OCH3 is 1. The van der Waals surface area contributed by atoms with Gasteiger partial charge < -0.3 is 20.7 Å². The Hall–Kier alpha value is -2.57. The highest BCUT2D eigenvalue weighted by molar-refractivity contribution is 6.35. The van der Waals surface area contributed by atoms with Crippen molar-refractivity contribution in [3.05, 3.63) is 29.8 Å². The van der Waals surface area contributed by atoms with Gasteiger partial charge in [-0.1, -0.05) is 18.2 Å². The van der Waals surface area contributed by atoms with Crippen molar-refractivity contribution in [1.29, 1.82) is 0 Å². The first-order valence-electron chi connectivity index (χ1n) is 6.47. The summed E-state index contributed by atoms with van der Waals surface area (Å²) in [6.45, 7) is 2.05. The van der Waals surface area contributed by atoms with Crippen molar-refractivity contribution >= 4 is 17.7 Å². The number of carbonyl (C=O) groups is 3. The average Bonchev–Trinajstić information content (AvgIpc) is 2.48. The summed E-state index contributed by atoms with van der Waals surface area (Å²) in [7, 11) is 1.54. The standard InChI is InChI=1S/C14H19N3O4/c1-10(18)15-7-8-16-13(19)14(20)17-9-11-5-3-4-6-12(11)21-2/h3-6H,7-9H2,1-2H3,(H,15,18)(H,16,19)(H,17,20). The highest BCUT2D eigenvalue weighted by Crippen LogP contribution is 2.16. The Labute approximate surface area is 123 Å². The van der Waals surface area contributed by atoms with Crippen LogP contribution in [0.4, 0.5) is 0 Å². The number of benzene rings is 1. The van der Waals surface area contributed by atoms with Crippen molar-refractivity contribution in [2.75, 3.05) is 20.2 Å². The van der Waals surface area contributed by atoms with Gasteiger partial charge in [-0.15, -0.1) is 0 Å². The molecule has 1 rings (SSSR count). The van der Waals surface area contributed by atoms with Crippen LogP contribution in [0.3, 0.4) is 0 Å². The molecule has 0 radical (unpaired) electrons. The zero-order valence-electron chi connectivity index (χ0n) is 12.1. The van der Waals surface area contributed by atoms with Crippen LogP contribution in [-0.2, 0) is 20.9 Å². The maximum atomic E-state index is 11.6. The number of nitrogens with one attached hydrogen (secondary N) is 3. The number of hydrogen-bond acceptors (Lipinski definition) is 4. The molecule has 0 aliphatic rings. The van der Waals surface area contributed by atoms with Crippen molar-refractivity contribution in [1.82, 2.24) is 16.0 Å². The van der Waals surface area contributed by atoms with Crippen LogP contribution in [0.1, 0.15) is 12.5 Å². The van der Waals surface area contributed by atoms with Gasteiger partial charge in [0.25, 0.3) is 0 Å². The molecule has 3 amide bonds. The van der Waals surface area contributed by atoms with Crippen LogP contribution in [0.2, 0.25) is 0 Å². The third kappa shape index (κ3) is 5.94. The lowest BCUT2D eigenvalue weighted by Crippen LogP contribution is -2.42. The van der Waals surface area contributed by atoms with Crippen molar-refractivity contribution in [2.45, 2.75) is 13.5 Å². The largest absolute Gasteiger partial charge is 0.496 e. The summed E-state index contributed by atoms with van der Waals surface area (Å²) in [5.74, 6) is -1.02. The first-order valence-corrected chi connectivity index (χ1v) is 6.47. The Morgan fingerprint density at radius 3 is 2.29 bits per heavy atom. The number of ether oxygens (including phenoxy) is 1. The summed E-state index contributed by atoms with van der Waals surface area (Å²) < 4.78 is 5.15. The third-order valence-electron chi connectivity index (χ3n) is 2.62. The van der Waals surface area contributed by atoms with Crippen LogP contribution in [-0.4, -0.2) is 37.9 Å². The van der Waals surface area contributed by atoms with E-state index in [1.54, 1.807) is 12.1 Å². The van der Waals surface area contributed by atoms with Gasteiger partial charge in [-0.3, -0.25) is 14.4 Å². The maximum absolute atomic E-state index is 11.6. The number of amides is 3. The van der Waals surface area contributed by atoms with Gasteiger partial charge >= 0.3 is 11.8 Å². The van der Waals surface area contributed by atoms with E-state index in [0.717, 1.165) is 5.56 Å². The van der Waals surface area contributed by atoms with Crippen molar-refractivity contribution < 1.29 is 19.1 Å². The molecule has 0 atom stereocenters. The molecule has 0 saturated carbocycles. The van der Waals surface area contributed by atoms with Gasteiger partial charge in [-0.2, -0.15) is 0 Å². The minimum absolute atomic E-state index is 0.190. The fourth-order valence-electron chi connectivity index (χ4n) is 1.60. The molecule has 0 saturated heterocycles. The van der Waals surface area contributed by atoms with E-state index in [0.29, 0.717) is 5.75 Å². The average molecular weight is 293 g/mol. The van der Waals surface area contributed by atoms with Gasteiger partial charge in [0.15, 0.2) is 0 Å². The highest BCUT2D eigenvalue weighted by Gasteiger charge is 2.13. The summed E-state index contributed by atoms with van der Waals surface area (Å²) >= 11 is 0. The lowest BCUT2D eigenvalue weighted by molar-refractivity contribution is -0.139. The number of carbonyl (C=O) groups excluding carboxylic acids is 3. The van der Waals surface area contributed by atoms with Crippen LogP contribution >= 0.6 is 0 Å². The molecule has 0 aliphatic heterocycles. The molecule has 3 N–H and O–H groups in total. The molecule has 0 heterocycles. The first-order chi connectivity index (χ1) is 10.0. The van der Waals surface area contributed by atoms with Crippen LogP contribution in [0.5, 0.6) is 5.75 Å². The zero-order chi connectivity index (χ0) is 15.7. The summed E-state index contributed by atoms with van der Waals surface area (Å²) in [6, 6.07) is 7.21. The summed E-state index contributed by atoms with van der Waals surface area (Å²) in [6.07, 6.45) is 0. The quantitative estimate of drug-likeness (QED) is 0.489. The zero-order valence-corrected chi connectivity index (χ0v) is 12.1. The van der Waals surface area contributed by atoms with E-state index >= 15 is 0 Å². The molecule has 21 heavy (non-hydrogen) atoms. The summed E-state index contributed by atoms with van der Waals surface area (Å²) in [5.41, 5.74) is 0.777. The number of rotatable bonds is 6. The SMILES string of the molecule is COc1ccccc1CNC(=O)C(=O)NCCNC(C)=O. The van der Waals surface area contributed by atoms with Crippen molar-refractivity contribution in [2.24, 2.45) is 0 Å². The molecule has 114 valence electrons. The number of hydrogen-bond donors (Lipinski definition) is 3. The van der Waals surface area contributed by atoms with Gasteiger partial charge in [0.2, 0.25) is 5.91 Å². The molecular weight excluding hydrogens is 274 g/mol. The van der Waals surface area contributed by atoms with Crippen molar-refractivity contribution in [3.8, 4) is 5.75 Å². The van der Waals surface area contributed by atoms with Crippen LogP contribution in [0.25, 0.3) is 0 Å². The van der Waals surface area contributed by atoms with Crippen molar-refractivity contribution in [3.63, 3.8) is 0 Å². The van der Waals surface area contributed by atoms with Crippen LogP contribution in [0, 0.1) is 0 Å². The van der Waals surface area contributed by atoms with E-state index in [1.807, 2.05) is 12.1 Å². The normalized spacial score (nSPS) is 9.62. The minimum atomic E-state index is -0.741. The predicted octanol–water partition coefficient (Wildman–Crippen LogP) is -0.436. The Kier molecular flexibility index (Phi) is 6.73. The van der Waals surface area contributed by atoms with Gasteiger partial charge in [-0.25, -0.2) is 0 Å². The molecule has 0 unspecified atom stereocenters. The molecule has 0 spiro atoms. The summed E-state index contributed by atoms with van der Waals surface area (Å²) in [5, 5.41) is 7.42. The van der Waals surface area contributed by atoms with Gasteiger partial charge in [0, 0.05) is 32.1 Å². The van der Waals surface area contributed by atoms with Gasteiger partial charge in [0.1, 0.15) is 5.75 Å². The Balaban J connectivity index is 2.35. The second-order valence-electron chi connectivity index (χ2n) is 4.23. The molecule has 0 bridgehead atoms. The molecule has 0 aromatic heterocycles. The fourth-order valence-corrected chi connectivity index (χ4v) is 1.60. The minimum Gasteiger partial charge on any atom is -0.496 e. The lowest BCUT2D eigenvalue weighted by atomic mass is 10.2. The molecule has 1 aromatic carbocycles. The van der Waals surface area contributed by atoms with E-state index in [9.17, 15) is 14.4 Å². The van der Waals surface area contributed by atoms with Gasteiger partial charge in [-0.05, 0) is 6.07 Å². The molecule has 0 aliphatic carbocycles. The van der Waals surface area contributed by atoms with E-state index < -0.39 is 11.8 Å². The van der Waals surface area contributed by atoms with E-state index in [2.05, 4.69) is 16.0 Å². The second-order valence-corrected chi connectivity index (χ2v) is 4.23. The number of para-hydroxylation sites is 1. The second kappa shape index (κ2) is 8.57. The molecule has 7 heteroatoms.